The van der Waals surface area contributed by atoms with Gasteiger partial charge < -0.3 is 4.90 Å². The maximum atomic E-state index is 4.07. The van der Waals surface area contributed by atoms with Gasteiger partial charge in [-0.2, -0.15) is 12.6 Å². The minimum atomic E-state index is 0.629. The molecule has 0 bridgehead atoms. The molecule has 0 fully saturated rings. The number of nitrogens with zero attached hydrogens (tertiary/aromatic N) is 1. The Balaban J connectivity index is 3.38. The van der Waals surface area contributed by atoms with Gasteiger partial charge in [0.2, 0.25) is 0 Å². The maximum absolute atomic E-state index is 4.07. The van der Waals surface area contributed by atoms with E-state index in [1.165, 1.54) is 0 Å². The van der Waals surface area contributed by atoms with Gasteiger partial charge in [-0.05, 0) is 20.9 Å². The molecule has 0 heterocycles. The lowest BCUT2D eigenvalue weighted by Gasteiger charge is -2.18. The van der Waals surface area contributed by atoms with Crippen molar-refractivity contribution in [3.8, 4) is 0 Å². The first kappa shape index (κ1) is 10.0. The fourth-order valence-electron chi connectivity index (χ4n) is 0.526. The number of likely N-dealkylation sites (N-methyl/N-ethyl adjacent to an activating group) is 1. The Morgan fingerprint density at radius 1 is 1.40 bits per heavy atom. The molecular weight excluding hydrogens is 142 g/mol. The van der Waals surface area contributed by atoms with Crippen molar-refractivity contribution in [2.24, 2.45) is 0 Å². The summed E-state index contributed by atoms with van der Waals surface area (Å²) in [5, 5.41) is 0. The summed E-state index contributed by atoms with van der Waals surface area (Å²) >= 11 is 4.07. The molecule has 0 N–H and O–H groups in total. The summed E-state index contributed by atoms with van der Waals surface area (Å²) in [5.41, 5.74) is 0. The molecule has 0 saturated heterocycles. The Morgan fingerprint density at radius 2 is 2.00 bits per heavy atom. The van der Waals surface area contributed by atoms with Crippen molar-refractivity contribution in [3.63, 3.8) is 0 Å². The summed E-state index contributed by atoms with van der Waals surface area (Å²) in [5.74, 6) is 0.839. The van der Waals surface area contributed by atoms with Crippen molar-refractivity contribution in [2.75, 3.05) is 19.3 Å². The molecule has 2 heteroatoms. The van der Waals surface area contributed by atoms with Crippen LogP contribution in [0.1, 0.15) is 13.8 Å². The Hall–Kier alpha value is 0.0500. The Morgan fingerprint density at radius 3 is 2.40 bits per heavy atom. The van der Waals surface area contributed by atoms with Gasteiger partial charge in [-0.1, -0.05) is 12.2 Å². The molecular formula is C8H17NS. The predicted octanol–water partition coefficient (Wildman–Crippen LogP) is 1.81. The van der Waals surface area contributed by atoms with Gasteiger partial charge in [0.25, 0.3) is 0 Å². The fraction of sp³-hybridized carbons (Fsp3) is 0.750. The molecule has 60 valence electrons. The smallest absolute Gasteiger partial charge is 0.0163 e. The van der Waals surface area contributed by atoms with Gasteiger partial charge >= 0.3 is 0 Å². The monoisotopic (exact) mass is 159 g/mol. The quantitative estimate of drug-likeness (QED) is 0.484. The van der Waals surface area contributed by atoms with E-state index in [4.69, 9.17) is 0 Å². The van der Waals surface area contributed by atoms with Gasteiger partial charge in [-0.3, -0.25) is 0 Å². The molecule has 0 saturated carbocycles. The van der Waals surface area contributed by atoms with E-state index in [-0.39, 0.29) is 0 Å². The zero-order valence-electron chi connectivity index (χ0n) is 7.04. The normalized spacial score (nSPS) is 12.2. The summed E-state index contributed by atoms with van der Waals surface area (Å²) in [7, 11) is 2.12. The molecule has 0 unspecified atom stereocenters. The summed E-state index contributed by atoms with van der Waals surface area (Å²) in [4.78, 5) is 2.28. The van der Waals surface area contributed by atoms with Crippen molar-refractivity contribution in [1.82, 2.24) is 4.90 Å². The average molecular weight is 159 g/mol. The minimum Gasteiger partial charge on any atom is -0.300 e. The standard InChI is InChI=1S/C8H17NS/c1-8(2)9(3)6-4-5-7-10/h4-5,8,10H,6-7H2,1-3H3/b5-4+. The third-order valence-corrected chi connectivity index (χ3v) is 1.76. The first-order chi connectivity index (χ1) is 4.68. The lowest BCUT2D eigenvalue weighted by molar-refractivity contribution is 0.303. The van der Waals surface area contributed by atoms with Crippen molar-refractivity contribution in [3.05, 3.63) is 12.2 Å². The number of rotatable bonds is 4. The van der Waals surface area contributed by atoms with Crippen LogP contribution in [0.15, 0.2) is 12.2 Å². The molecule has 0 aliphatic rings. The molecule has 0 spiro atoms. The third-order valence-electron chi connectivity index (χ3n) is 1.55. The summed E-state index contributed by atoms with van der Waals surface area (Å²) in [6.07, 6.45) is 4.22. The Kier molecular flexibility index (Phi) is 5.84. The van der Waals surface area contributed by atoms with Crippen molar-refractivity contribution in [1.29, 1.82) is 0 Å². The molecule has 0 aromatic rings. The minimum absolute atomic E-state index is 0.629. The Bertz CT molecular complexity index is 99.4. The molecule has 0 aliphatic heterocycles. The summed E-state index contributed by atoms with van der Waals surface area (Å²) in [6, 6.07) is 0.629. The van der Waals surface area contributed by atoms with E-state index in [1.54, 1.807) is 0 Å². The molecule has 0 rings (SSSR count). The SMILES string of the molecule is CC(C)N(C)C/C=C/CS. The average Bonchev–Trinajstić information content (AvgIpc) is 1.88. The molecule has 0 aliphatic carbocycles. The van der Waals surface area contributed by atoms with Crippen LogP contribution in [0, 0.1) is 0 Å². The number of hydrogen-bond acceptors (Lipinski definition) is 2. The highest BCUT2D eigenvalue weighted by Gasteiger charge is 1.97. The van der Waals surface area contributed by atoms with E-state index in [9.17, 15) is 0 Å². The molecule has 10 heavy (non-hydrogen) atoms. The van der Waals surface area contributed by atoms with E-state index >= 15 is 0 Å². The van der Waals surface area contributed by atoms with Crippen LogP contribution in [0.4, 0.5) is 0 Å². The first-order valence-corrected chi connectivity index (χ1v) is 4.27. The van der Waals surface area contributed by atoms with Gasteiger partial charge in [0.15, 0.2) is 0 Å². The molecule has 0 radical (unpaired) electrons. The second-order valence-corrected chi connectivity index (χ2v) is 3.05. The molecule has 0 atom stereocenters. The highest BCUT2D eigenvalue weighted by molar-refractivity contribution is 7.80. The topological polar surface area (TPSA) is 3.24 Å². The zero-order chi connectivity index (χ0) is 7.98. The van der Waals surface area contributed by atoms with Crippen LogP contribution in [-0.4, -0.2) is 30.3 Å². The van der Waals surface area contributed by atoms with E-state index in [0.29, 0.717) is 6.04 Å². The molecule has 1 nitrogen and oxygen atoms in total. The van der Waals surface area contributed by atoms with Crippen LogP contribution in [0.25, 0.3) is 0 Å². The fourth-order valence-corrected chi connectivity index (χ4v) is 0.675. The van der Waals surface area contributed by atoms with Crippen LogP contribution in [0.3, 0.4) is 0 Å². The molecule has 0 aromatic heterocycles. The lowest BCUT2D eigenvalue weighted by Crippen LogP contribution is -2.26. The van der Waals surface area contributed by atoms with Gasteiger partial charge in [-0.25, -0.2) is 0 Å². The highest BCUT2D eigenvalue weighted by Crippen LogP contribution is 1.92. The van der Waals surface area contributed by atoms with Crippen LogP contribution < -0.4 is 0 Å². The van der Waals surface area contributed by atoms with E-state index < -0.39 is 0 Å². The van der Waals surface area contributed by atoms with Crippen molar-refractivity contribution < 1.29 is 0 Å². The van der Waals surface area contributed by atoms with Crippen molar-refractivity contribution >= 4 is 12.6 Å². The zero-order valence-corrected chi connectivity index (χ0v) is 7.94. The third kappa shape index (κ3) is 4.89. The van der Waals surface area contributed by atoms with Crippen LogP contribution >= 0.6 is 12.6 Å². The summed E-state index contributed by atoms with van der Waals surface area (Å²) in [6.45, 7) is 5.40. The Labute approximate surface area is 69.5 Å². The molecule has 0 aromatic carbocycles. The largest absolute Gasteiger partial charge is 0.300 e. The predicted molar refractivity (Wildman–Crippen MR) is 50.8 cm³/mol. The van der Waals surface area contributed by atoms with Gasteiger partial charge in [-0.15, -0.1) is 0 Å². The van der Waals surface area contributed by atoms with Crippen LogP contribution in [0.5, 0.6) is 0 Å². The lowest BCUT2D eigenvalue weighted by atomic mass is 10.3. The van der Waals surface area contributed by atoms with Crippen molar-refractivity contribution in [2.45, 2.75) is 19.9 Å². The maximum Gasteiger partial charge on any atom is 0.0163 e. The van der Waals surface area contributed by atoms with E-state index in [1.807, 2.05) is 0 Å². The summed E-state index contributed by atoms with van der Waals surface area (Å²) < 4.78 is 0. The van der Waals surface area contributed by atoms with Gasteiger partial charge in [0.05, 0.1) is 0 Å². The van der Waals surface area contributed by atoms with Gasteiger partial charge in [0, 0.05) is 18.3 Å². The van der Waals surface area contributed by atoms with E-state index in [0.717, 1.165) is 12.3 Å². The first-order valence-electron chi connectivity index (χ1n) is 3.64. The number of thiol groups is 1. The van der Waals surface area contributed by atoms with Crippen LogP contribution in [-0.2, 0) is 0 Å². The molecule has 0 amide bonds. The van der Waals surface area contributed by atoms with E-state index in [2.05, 4.69) is 50.6 Å². The number of hydrogen-bond donors (Lipinski definition) is 1. The second kappa shape index (κ2) is 5.81. The van der Waals surface area contributed by atoms with Crippen LogP contribution in [0.2, 0.25) is 0 Å². The second-order valence-electron chi connectivity index (χ2n) is 2.69. The van der Waals surface area contributed by atoms with Gasteiger partial charge in [0.1, 0.15) is 0 Å². The highest BCUT2D eigenvalue weighted by atomic mass is 32.1.